The molecule has 3 nitrogen and oxygen atoms in total. The van der Waals surface area contributed by atoms with Gasteiger partial charge in [-0.3, -0.25) is 4.79 Å². The number of hydrogen-bond donors (Lipinski definition) is 2. The zero-order valence-electron chi connectivity index (χ0n) is 9.01. The maximum absolute atomic E-state index is 10.9. The van der Waals surface area contributed by atoms with Gasteiger partial charge in [0.25, 0.3) is 0 Å². The number of thioether (sulfide) groups is 1. The molecule has 0 saturated carbocycles. The summed E-state index contributed by atoms with van der Waals surface area (Å²) in [7, 11) is 0. The average molecular weight is 254 g/mol. The first kappa shape index (κ1) is 13.1. The highest BCUT2D eigenvalue weighted by Gasteiger charge is 2.24. The third kappa shape index (κ3) is 4.28. The Morgan fingerprint density at radius 3 is 2.88 bits per heavy atom. The summed E-state index contributed by atoms with van der Waals surface area (Å²) >= 11 is 5.96. The normalized spacial score (nSPS) is 14.1. The van der Waals surface area contributed by atoms with Crippen LogP contribution in [-0.4, -0.2) is 15.0 Å². The van der Waals surface area contributed by atoms with Crippen LogP contribution in [0.3, 0.4) is 0 Å². The van der Waals surface area contributed by atoms with E-state index in [9.17, 15) is 4.79 Å². The Kier molecular flexibility index (Phi) is 4.44. The number of carbonyl (C=O) groups excluding carboxylic acids is 1. The maximum Gasteiger partial charge on any atom is 0.244 e. The van der Waals surface area contributed by atoms with Crippen LogP contribution in [0, 0.1) is 0 Å². The quantitative estimate of drug-likeness (QED) is 0.367. The summed E-state index contributed by atoms with van der Waals surface area (Å²) < 4.78 is -0.444. The average Bonchev–Trinajstić information content (AvgIpc) is 2.17. The predicted octanol–water partition coefficient (Wildman–Crippen LogP) is 2.25. The lowest BCUT2D eigenvalue weighted by atomic mass is 10.1. The van der Waals surface area contributed by atoms with Crippen LogP contribution in [0.1, 0.15) is 13.3 Å². The molecule has 0 spiro atoms. The Balaban J connectivity index is 2.65. The number of carbonyl (C=O) groups is 1. The molecular weight excluding hydrogens is 240 g/mol. The van der Waals surface area contributed by atoms with Gasteiger partial charge in [-0.15, -0.1) is 0 Å². The first-order chi connectivity index (χ1) is 7.41. The minimum atomic E-state index is -0.484. The number of aromatic nitrogens is 1. The number of thiol groups is 1. The van der Waals surface area contributed by atoms with Crippen LogP contribution < -0.4 is 5.73 Å². The van der Waals surface area contributed by atoms with Crippen molar-refractivity contribution >= 4 is 30.3 Å². The molecule has 5 heteroatoms. The molecule has 2 N–H and O–H groups in total. The molecule has 0 aliphatic heterocycles. The second kappa shape index (κ2) is 5.41. The molecule has 1 aromatic rings. The number of pyridine rings is 1. The van der Waals surface area contributed by atoms with Gasteiger partial charge < -0.3 is 5.73 Å². The van der Waals surface area contributed by atoms with E-state index >= 15 is 0 Å². The molecule has 0 aliphatic rings. The molecule has 0 bridgehead atoms. The fourth-order valence-corrected chi connectivity index (χ4v) is 2.58. The van der Waals surface area contributed by atoms with Gasteiger partial charge in [0.2, 0.25) is 5.91 Å². The molecule has 1 atom stereocenters. The van der Waals surface area contributed by atoms with E-state index < -0.39 is 9.99 Å². The maximum atomic E-state index is 10.9. The minimum Gasteiger partial charge on any atom is -0.366 e. The lowest BCUT2D eigenvalue weighted by Crippen LogP contribution is -2.20. The molecule has 1 rings (SSSR count). The number of nitrogens with two attached hydrogens (primary N) is 1. The van der Waals surface area contributed by atoms with Crippen molar-refractivity contribution in [3.63, 3.8) is 0 Å². The van der Waals surface area contributed by atoms with E-state index in [0.29, 0.717) is 12.0 Å². The lowest BCUT2D eigenvalue weighted by Gasteiger charge is -2.22. The predicted molar refractivity (Wildman–Crippen MR) is 70.4 cm³/mol. The van der Waals surface area contributed by atoms with E-state index in [1.807, 2.05) is 25.1 Å². The van der Waals surface area contributed by atoms with Gasteiger partial charge in [0.05, 0.1) is 9.11 Å². The molecule has 0 aliphatic carbocycles. The summed E-state index contributed by atoms with van der Waals surface area (Å²) in [6.07, 6.45) is 2.14. The monoisotopic (exact) mass is 254 g/mol. The Bertz CT molecular complexity index is 390. The van der Waals surface area contributed by atoms with Crippen LogP contribution >= 0.6 is 24.4 Å². The van der Waals surface area contributed by atoms with Gasteiger partial charge >= 0.3 is 0 Å². The van der Waals surface area contributed by atoms with Crippen molar-refractivity contribution in [2.24, 2.45) is 5.73 Å². The van der Waals surface area contributed by atoms with E-state index in [2.05, 4.69) is 24.2 Å². The topological polar surface area (TPSA) is 56.0 Å². The number of hydrogen-bond acceptors (Lipinski definition) is 4. The largest absolute Gasteiger partial charge is 0.366 e. The van der Waals surface area contributed by atoms with Crippen LogP contribution in [-0.2, 0) is 4.79 Å². The van der Waals surface area contributed by atoms with E-state index in [-0.39, 0.29) is 0 Å². The molecule has 0 fully saturated rings. The third-order valence-electron chi connectivity index (χ3n) is 1.85. The van der Waals surface area contributed by atoms with Gasteiger partial charge in [0.15, 0.2) is 0 Å². The van der Waals surface area contributed by atoms with Crippen molar-refractivity contribution in [3.8, 4) is 0 Å². The number of nitrogens with zero attached hydrogens (tertiary/aromatic N) is 1. The van der Waals surface area contributed by atoms with Crippen LogP contribution in [0.15, 0.2) is 41.6 Å². The Morgan fingerprint density at radius 2 is 2.38 bits per heavy atom. The highest BCUT2D eigenvalue weighted by Crippen LogP contribution is 2.39. The van der Waals surface area contributed by atoms with Gasteiger partial charge in [-0.2, -0.15) is 12.6 Å². The van der Waals surface area contributed by atoms with Crippen molar-refractivity contribution < 1.29 is 4.79 Å². The molecule has 0 radical (unpaired) electrons. The first-order valence-electron chi connectivity index (χ1n) is 4.71. The molecule has 1 heterocycles. The molecule has 86 valence electrons. The Labute approximate surface area is 105 Å². The molecule has 1 unspecified atom stereocenters. The van der Waals surface area contributed by atoms with E-state index in [0.717, 1.165) is 5.03 Å². The van der Waals surface area contributed by atoms with Crippen molar-refractivity contribution in [2.45, 2.75) is 22.4 Å². The van der Waals surface area contributed by atoms with Gasteiger partial charge in [-0.05, 0) is 19.1 Å². The highest BCUT2D eigenvalue weighted by molar-refractivity contribution is 8.11. The molecule has 1 aromatic heterocycles. The summed E-state index contributed by atoms with van der Waals surface area (Å²) in [6, 6.07) is 5.65. The fraction of sp³-hybridized carbons (Fsp3) is 0.273. The van der Waals surface area contributed by atoms with Gasteiger partial charge in [-0.1, -0.05) is 24.4 Å². The first-order valence-corrected chi connectivity index (χ1v) is 5.97. The number of primary amides is 1. The second-order valence-electron chi connectivity index (χ2n) is 3.59. The molecule has 16 heavy (non-hydrogen) atoms. The van der Waals surface area contributed by atoms with Crippen molar-refractivity contribution in [3.05, 3.63) is 36.5 Å². The fourth-order valence-electron chi connectivity index (χ4n) is 1.15. The van der Waals surface area contributed by atoms with Crippen LogP contribution in [0.5, 0.6) is 0 Å². The summed E-state index contributed by atoms with van der Waals surface area (Å²) in [5, 5.41) is 0.859. The van der Waals surface area contributed by atoms with Gasteiger partial charge in [-0.25, -0.2) is 4.98 Å². The zero-order chi connectivity index (χ0) is 12.2. The number of rotatable bonds is 5. The summed E-state index contributed by atoms with van der Waals surface area (Å²) in [6.45, 7) is 5.53. The van der Waals surface area contributed by atoms with Gasteiger partial charge in [0, 0.05) is 18.2 Å². The molecule has 1 amide bonds. The van der Waals surface area contributed by atoms with Crippen LogP contribution in [0.2, 0.25) is 0 Å². The molecular formula is C11H14N2OS2. The molecule has 0 aromatic carbocycles. The minimum absolute atomic E-state index is 0.376. The summed E-state index contributed by atoms with van der Waals surface area (Å²) in [5.74, 6) is -0.484. The summed E-state index contributed by atoms with van der Waals surface area (Å²) in [4.78, 5) is 15.1. The SMILES string of the molecule is C=C(CC(C)(S)Sc1ccccn1)C(N)=O. The Morgan fingerprint density at radius 1 is 1.69 bits per heavy atom. The smallest absolute Gasteiger partial charge is 0.244 e. The zero-order valence-corrected chi connectivity index (χ0v) is 10.7. The highest BCUT2D eigenvalue weighted by atomic mass is 32.2. The van der Waals surface area contributed by atoms with Crippen molar-refractivity contribution in [1.82, 2.24) is 4.98 Å². The van der Waals surface area contributed by atoms with E-state index in [4.69, 9.17) is 5.73 Å². The molecule has 0 saturated heterocycles. The number of amides is 1. The van der Waals surface area contributed by atoms with Gasteiger partial charge in [0.1, 0.15) is 0 Å². The second-order valence-corrected chi connectivity index (χ2v) is 6.40. The standard InChI is InChI=1S/C11H14N2OS2/c1-8(10(12)14)7-11(2,15)16-9-5-3-4-6-13-9/h3-6,15H,1,7H2,2H3,(H2,12,14). The van der Waals surface area contributed by atoms with Crippen molar-refractivity contribution in [1.29, 1.82) is 0 Å². The van der Waals surface area contributed by atoms with Crippen LogP contribution in [0.25, 0.3) is 0 Å². The van der Waals surface area contributed by atoms with E-state index in [1.165, 1.54) is 11.8 Å². The van der Waals surface area contributed by atoms with Crippen LogP contribution in [0.4, 0.5) is 0 Å². The van der Waals surface area contributed by atoms with Crippen molar-refractivity contribution in [2.75, 3.05) is 0 Å². The lowest BCUT2D eigenvalue weighted by molar-refractivity contribution is -0.114. The Hall–Kier alpha value is -0.940. The van der Waals surface area contributed by atoms with E-state index in [1.54, 1.807) is 6.20 Å². The summed E-state index contributed by atoms with van der Waals surface area (Å²) in [5.41, 5.74) is 5.52. The third-order valence-corrected chi connectivity index (χ3v) is 3.32.